The number of alkyl halides is 3. The highest BCUT2D eigenvalue weighted by Crippen LogP contribution is 2.29. The van der Waals surface area contributed by atoms with Gasteiger partial charge in [-0.25, -0.2) is 4.39 Å². The smallest absolute Gasteiger partial charge is 0.310 e. The lowest BCUT2D eigenvalue weighted by molar-refractivity contribution is -0.136. The zero-order chi connectivity index (χ0) is 14.6. The molecule has 1 rings (SSSR count). The Balaban J connectivity index is 2.92. The first-order chi connectivity index (χ1) is 8.74. The topological polar surface area (TPSA) is 12.0 Å². The average molecular weight is 277 g/mol. The summed E-state index contributed by atoms with van der Waals surface area (Å²) in [7, 11) is 0. The van der Waals surface area contributed by atoms with Gasteiger partial charge in [0, 0.05) is 12.5 Å². The molecular formula is C14H19F4N. The molecule has 0 saturated heterocycles. The third kappa shape index (κ3) is 4.82. The lowest BCUT2D eigenvalue weighted by atomic mass is 9.97. The van der Waals surface area contributed by atoms with Crippen LogP contribution in [0.1, 0.15) is 42.5 Å². The fraction of sp³-hybridized carbons (Fsp3) is 0.571. The van der Waals surface area contributed by atoms with Crippen LogP contribution >= 0.6 is 0 Å². The first-order valence-electron chi connectivity index (χ1n) is 6.31. The van der Waals surface area contributed by atoms with Crippen LogP contribution in [0, 0.1) is 19.7 Å². The van der Waals surface area contributed by atoms with E-state index in [9.17, 15) is 17.6 Å². The monoisotopic (exact) mass is 277 g/mol. The molecule has 108 valence electrons. The van der Waals surface area contributed by atoms with Crippen LogP contribution in [0.4, 0.5) is 17.6 Å². The van der Waals surface area contributed by atoms with E-state index in [2.05, 4.69) is 5.32 Å². The molecule has 0 amide bonds. The predicted molar refractivity (Wildman–Crippen MR) is 67.6 cm³/mol. The average Bonchev–Trinajstić information content (AvgIpc) is 2.29. The second-order valence-corrected chi connectivity index (χ2v) is 4.73. The van der Waals surface area contributed by atoms with Crippen molar-refractivity contribution in [3.05, 3.63) is 34.6 Å². The van der Waals surface area contributed by atoms with E-state index >= 15 is 0 Å². The summed E-state index contributed by atoms with van der Waals surface area (Å²) in [6.45, 7) is 5.65. The van der Waals surface area contributed by atoms with E-state index in [0.29, 0.717) is 23.2 Å². The molecule has 1 atom stereocenters. The minimum absolute atomic E-state index is 0.0398. The van der Waals surface area contributed by atoms with Crippen LogP contribution < -0.4 is 5.32 Å². The highest BCUT2D eigenvalue weighted by Gasteiger charge is 2.28. The van der Waals surface area contributed by atoms with Crippen molar-refractivity contribution in [3.8, 4) is 0 Å². The van der Waals surface area contributed by atoms with Gasteiger partial charge in [-0.3, -0.25) is 0 Å². The molecule has 0 fully saturated rings. The number of hydrogen-bond acceptors (Lipinski definition) is 1. The summed E-state index contributed by atoms with van der Waals surface area (Å²) in [5.41, 5.74) is 1.64. The normalized spacial score (nSPS) is 13.6. The molecular weight excluding hydrogens is 258 g/mol. The van der Waals surface area contributed by atoms with E-state index in [1.807, 2.05) is 6.92 Å². The summed E-state index contributed by atoms with van der Waals surface area (Å²) < 4.78 is 50.5. The summed E-state index contributed by atoms with van der Waals surface area (Å²) in [6, 6.07) is 2.84. The zero-order valence-corrected chi connectivity index (χ0v) is 11.4. The van der Waals surface area contributed by atoms with E-state index < -0.39 is 18.6 Å². The molecule has 0 heterocycles. The summed E-state index contributed by atoms with van der Waals surface area (Å²) in [6.07, 6.45) is -5.06. The maximum Gasteiger partial charge on any atom is 0.389 e. The van der Waals surface area contributed by atoms with Crippen molar-refractivity contribution in [2.45, 2.75) is 45.8 Å². The molecule has 0 bridgehead atoms. The van der Waals surface area contributed by atoms with Gasteiger partial charge in [0.25, 0.3) is 0 Å². The molecule has 0 radical (unpaired) electrons. The van der Waals surface area contributed by atoms with Gasteiger partial charge in [-0.05, 0) is 43.5 Å². The molecule has 1 nitrogen and oxygen atoms in total. The Morgan fingerprint density at radius 1 is 1.16 bits per heavy atom. The Kier molecular flexibility index (Phi) is 5.35. The summed E-state index contributed by atoms with van der Waals surface area (Å²) >= 11 is 0. The lowest BCUT2D eigenvalue weighted by Gasteiger charge is -2.20. The van der Waals surface area contributed by atoms with Gasteiger partial charge in [0.1, 0.15) is 5.82 Å². The van der Waals surface area contributed by atoms with Crippen molar-refractivity contribution < 1.29 is 17.6 Å². The second kappa shape index (κ2) is 6.37. The fourth-order valence-corrected chi connectivity index (χ4v) is 2.12. The Hall–Kier alpha value is -1.10. The molecule has 1 unspecified atom stereocenters. The van der Waals surface area contributed by atoms with Gasteiger partial charge < -0.3 is 5.32 Å². The fourth-order valence-electron chi connectivity index (χ4n) is 2.12. The number of rotatable bonds is 5. The van der Waals surface area contributed by atoms with Crippen LogP contribution in [0.15, 0.2) is 12.1 Å². The molecule has 0 aromatic heterocycles. The summed E-state index contributed by atoms with van der Waals surface area (Å²) in [5, 5.41) is 3.02. The maximum atomic E-state index is 13.5. The van der Waals surface area contributed by atoms with Crippen LogP contribution in [0.2, 0.25) is 0 Å². The molecule has 5 heteroatoms. The lowest BCUT2D eigenvalue weighted by Crippen LogP contribution is -2.23. The number of aryl methyl sites for hydroxylation is 2. The Morgan fingerprint density at radius 2 is 1.68 bits per heavy atom. The highest BCUT2D eigenvalue weighted by molar-refractivity contribution is 5.32. The molecule has 0 saturated carbocycles. The van der Waals surface area contributed by atoms with Crippen molar-refractivity contribution in [1.82, 2.24) is 5.32 Å². The van der Waals surface area contributed by atoms with Gasteiger partial charge in [-0.15, -0.1) is 0 Å². The minimum Gasteiger partial charge on any atom is -0.310 e. The van der Waals surface area contributed by atoms with Crippen LogP contribution in [-0.4, -0.2) is 12.7 Å². The van der Waals surface area contributed by atoms with E-state index in [-0.39, 0.29) is 12.2 Å². The molecule has 1 aromatic carbocycles. The minimum atomic E-state index is -4.17. The van der Waals surface area contributed by atoms with Gasteiger partial charge in [-0.2, -0.15) is 13.2 Å². The first kappa shape index (κ1) is 16.0. The van der Waals surface area contributed by atoms with E-state index in [1.165, 1.54) is 0 Å². The van der Waals surface area contributed by atoms with Crippen molar-refractivity contribution in [2.75, 3.05) is 6.54 Å². The van der Waals surface area contributed by atoms with Gasteiger partial charge in [0.15, 0.2) is 0 Å². The Labute approximate surface area is 111 Å². The van der Waals surface area contributed by atoms with Crippen LogP contribution in [0.25, 0.3) is 0 Å². The quantitative estimate of drug-likeness (QED) is 0.785. The van der Waals surface area contributed by atoms with Gasteiger partial charge in [0.05, 0.1) is 0 Å². The second-order valence-electron chi connectivity index (χ2n) is 4.73. The molecule has 0 aliphatic rings. The largest absolute Gasteiger partial charge is 0.389 e. The SMILES string of the molecule is CCNC(CCC(F)(F)F)c1cc(C)c(F)c(C)c1. The van der Waals surface area contributed by atoms with Crippen LogP contribution in [0.3, 0.4) is 0 Å². The number of halogens is 4. The van der Waals surface area contributed by atoms with Gasteiger partial charge in [0.2, 0.25) is 0 Å². The van der Waals surface area contributed by atoms with Crippen LogP contribution in [-0.2, 0) is 0 Å². The highest BCUT2D eigenvalue weighted by atomic mass is 19.4. The molecule has 19 heavy (non-hydrogen) atoms. The third-order valence-electron chi connectivity index (χ3n) is 3.03. The standard InChI is InChI=1S/C14H19F4N/c1-4-19-12(5-6-14(16,17)18)11-7-9(2)13(15)10(3)8-11/h7-8,12,19H,4-6H2,1-3H3. The van der Waals surface area contributed by atoms with E-state index in [0.717, 1.165) is 0 Å². The summed E-state index contributed by atoms with van der Waals surface area (Å²) in [5.74, 6) is -0.296. The van der Waals surface area contributed by atoms with Crippen molar-refractivity contribution in [2.24, 2.45) is 0 Å². The Bertz CT molecular complexity index is 403. The molecule has 0 aliphatic carbocycles. The number of benzene rings is 1. The van der Waals surface area contributed by atoms with Gasteiger partial charge in [-0.1, -0.05) is 19.1 Å². The third-order valence-corrected chi connectivity index (χ3v) is 3.03. The van der Waals surface area contributed by atoms with Gasteiger partial charge >= 0.3 is 6.18 Å². The Morgan fingerprint density at radius 3 is 2.11 bits per heavy atom. The van der Waals surface area contributed by atoms with Crippen molar-refractivity contribution >= 4 is 0 Å². The molecule has 0 spiro atoms. The first-order valence-corrected chi connectivity index (χ1v) is 6.31. The zero-order valence-electron chi connectivity index (χ0n) is 11.4. The van der Waals surface area contributed by atoms with Crippen molar-refractivity contribution in [3.63, 3.8) is 0 Å². The number of hydrogen-bond donors (Lipinski definition) is 1. The maximum absolute atomic E-state index is 13.5. The van der Waals surface area contributed by atoms with E-state index in [1.54, 1.807) is 26.0 Å². The predicted octanol–water partition coefficient (Wildman–Crippen LogP) is 4.44. The molecule has 0 aliphatic heterocycles. The number of nitrogens with one attached hydrogen (secondary N) is 1. The van der Waals surface area contributed by atoms with E-state index in [4.69, 9.17) is 0 Å². The molecule has 1 N–H and O–H groups in total. The summed E-state index contributed by atoms with van der Waals surface area (Å²) in [4.78, 5) is 0. The van der Waals surface area contributed by atoms with Crippen molar-refractivity contribution in [1.29, 1.82) is 0 Å². The molecule has 1 aromatic rings. The van der Waals surface area contributed by atoms with Crippen LogP contribution in [0.5, 0.6) is 0 Å².